The Labute approximate surface area is 169 Å². The van der Waals surface area contributed by atoms with Gasteiger partial charge in [0.05, 0.1) is 5.69 Å². The van der Waals surface area contributed by atoms with Crippen molar-refractivity contribution < 1.29 is 9.59 Å². The molecule has 1 fully saturated rings. The van der Waals surface area contributed by atoms with Crippen molar-refractivity contribution in [3.05, 3.63) is 64.7 Å². The second-order valence-corrected chi connectivity index (χ2v) is 7.53. The van der Waals surface area contributed by atoms with Crippen LogP contribution >= 0.6 is 11.6 Å². The molecule has 1 heterocycles. The number of ketones is 2. The van der Waals surface area contributed by atoms with E-state index >= 15 is 0 Å². The van der Waals surface area contributed by atoms with Crippen molar-refractivity contribution in [1.82, 2.24) is 9.80 Å². The van der Waals surface area contributed by atoms with Crippen molar-refractivity contribution in [2.24, 2.45) is 4.99 Å². The maximum Gasteiger partial charge on any atom is 0.210 e. The molecule has 0 bridgehead atoms. The van der Waals surface area contributed by atoms with Crippen LogP contribution in [0.3, 0.4) is 0 Å². The van der Waals surface area contributed by atoms with E-state index in [-0.39, 0.29) is 17.3 Å². The third-order valence-electron chi connectivity index (χ3n) is 5.45. The minimum Gasteiger partial charge on any atom is -0.301 e. The molecule has 0 aromatic heterocycles. The molecule has 0 N–H and O–H groups in total. The molecular formula is C22H22ClN3O2. The van der Waals surface area contributed by atoms with Crippen molar-refractivity contribution in [2.45, 2.75) is 13.0 Å². The van der Waals surface area contributed by atoms with Gasteiger partial charge >= 0.3 is 0 Å². The van der Waals surface area contributed by atoms with Crippen LogP contribution in [0.4, 0.5) is 5.69 Å². The highest BCUT2D eigenvalue weighted by atomic mass is 35.5. The molecule has 0 radical (unpaired) electrons. The molecule has 0 saturated carbocycles. The number of rotatable bonds is 3. The predicted octanol–water partition coefficient (Wildman–Crippen LogP) is 3.50. The van der Waals surface area contributed by atoms with E-state index in [4.69, 9.17) is 11.6 Å². The summed E-state index contributed by atoms with van der Waals surface area (Å²) in [6, 6.07) is 13.4. The molecule has 1 unspecified atom stereocenters. The van der Waals surface area contributed by atoms with Crippen molar-refractivity contribution in [2.75, 3.05) is 32.7 Å². The van der Waals surface area contributed by atoms with Gasteiger partial charge in [0.15, 0.2) is 5.78 Å². The van der Waals surface area contributed by atoms with Crippen LogP contribution in [0.2, 0.25) is 5.02 Å². The molecule has 2 aliphatic rings. The maximum absolute atomic E-state index is 13.4. The summed E-state index contributed by atoms with van der Waals surface area (Å²) in [5.41, 5.74) is 1.79. The zero-order valence-corrected chi connectivity index (χ0v) is 16.5. The van der Waals surface area contributed by atoms with Crippen molar-refractivity contribution in [1.29, 1.82) is 0 Å². The molecular weight excluding hydrogens is 374 g/mol. The van der Waals surface area contributed by atoms with Crippen LogP contribution in [0.1, 0.15) is 27.6 Å². The number of nitrogens with zero attached hydrogens (tertiary/aromatic N) is 3. The van der Waals surface area contributed by atoms with Gasteiger partial charge in [-0.15, -0.1) is 0 Å². The van der Waals surface area contributed by atoms with Gasteiger partial charge in [-0.2, -0.15) is 0 Å². The number of carbonyl (C=O) groups excluding carboxylic acids is 2. The van der Waals surface area contributed by atoms with Crippen LogP contribution in [-0.4, -0.2) is 65.8 Å². The number of fused-ring (bicyclic) bond motifs is 1. The van der Waals surface area contributed by atoms with Gasteiger partial charge in [-0.1, -0.05) is 48.9 Å². The van der Waals surface area contributed by atoms with Gasteiger partial charge in [-0.25, -0.2) is 4.99 Å². The zero-order valence-electron chi connectivity index (χ0n) is 15.8. The van der Waals surface area contributed by atoms with E-state index in [1.165, 1.54) is 0 Å². The topological polar surface area (TPSA) is 53.0 Å². The first-order valence-electron chi connectivity index (χ1n) is 9.57. The molecule has 1 atom stereocenters. The Balaban J connectivity index is 1.78. The number of likely N-dealkylation sites (N-methyl/N-ethyl adjacent to an activating group) is 1. The highest BCUT2D eigenvalue weighted by Crippen LogP contribution is 2.27. The van der Waals surface area contributed by atoms with E-state index in [2.05, 4.69) is 21.7 Å². The fourth-order valence-corrected chi connectivity index (χ4v) is 4.09. The Bertz CT molecular complexity index is 948. The number of Topliss-reactive ketones (excluding diaryl/α,β-unsaturated/α-hetero) is 2. The summed E-state index contributed by atoms with van der Waals surface area (Å²) in [5.74, 6) is -0.237. The third-order valence-corrected chi connectivity index (χ3v) is 5.69. The second-order valence-electron chi connectivity index (χ2n) is 7.09. The smallest absolute Gasteiger partial charge is 0.210 e. The minimum atomic E-state index is -0.652. The van der Waals surface area contributed by atoms with Crippen LogP contribution in [0.15, 0.2) is 53.5 Å². The molecule has 0 spiro atoms. The van der Waals surface area contributed by atoms with Crippen LogP contribution in [-0.2, 0) is 0 Å². The number of hydrogen-bond donors (Lipinski definition) is 0. The maximum atomic E-state index is 13.4. The number of halogens is 1. The normalized spacial score (nSPS) is 22.5. The second kappa shape index (κ2) is 7.95. The average molecular weight is 396 g/mol. The molecule has 1 aliphatic carbocycles. The molecule has 2 aromatic carbocycles. The van der Waals surface area contributed by atoms with Crippen LogP contribution in [0.5, 0.6) is 0 Å². The standard InChI is InChI=1S/C22H22ClN3O2/c1-2-25-10-12-26(13-11-25)20-19(24-16-7-5-6-15(23)14-16)21(27)17-8-3-4-9-18(17)22(20)28/h3-9,14,20H,2,10-13H2,1H3. The van der Waals surface area contributed by atoms with E-state index in [1.54, 1.807) is 48.5 Å². The first kappa shape index (κ1) is 19.0. The number of piperazine rings is 1. The van der Waals surface area contributed by atoms with E-state index in [0.29, 0.717) is 21.8 Å². The average Bonchev–Trinajstić information content (AvgIpc) is 2.72. The summed E-state index contributed by atoms with van der Waals surface area (Å²) in [6.07, 6.45) is 0. The lowest BCUT2D eigenvalue weighted by Gasteiger charge is -2.39. The highest BCUT2D eigenvalue weighted by Gasteiger charge is 2.42. The Hall–Kier alpha value is -2.34. The monoisotopic (exact) mass is 395 g/mol. The van der Waals surface area contributed by atoms with Crippen molar-refractivity contribution in [3.8, 4) is 0 Å². The number of aliphatic imine (C=N–C) groups is 1. The van der Waals surface area contributed by atoms with Crippen molar-refractivity contribution in [3.63, 3.8) is 0 Å². The van der Waals surface area contributed by atoms with E-state index in [0.717, 1.165) is 32.7 Å². The van der Waals surface area contributed by atoms with Gasteiger partial charge in [0.1, 0.15) is 11.8 Å². The zero-order chi connectivity index (χ0) is 19.7. The molecule has 1 aliphatic heterocycles. The largest absolute Gasteiger partial charge is 0.301 e. The van der Waals surface area contributed by atoms with Gasteiger partial charge in [0.25, 0.3) is 0 Å². The van der Waals surface area contributed by atoms with Gasteiger partial charge in [-0.05, 0) is 24.7 Å². The summed E-state index contributed by atoms with van der Waals surface area (Å²) in [4.78, 5) is 35.7. The van der Waals surface area contributed by atoms with Crippen LogP contribution < -0.4 is 0 Å². The summed E-state index contributed by atoms with van der Waals surface area (Å²) in [7, 11) is 0. The van der Waals surface area contributed by atoms with E-state index in [1.807, 2.05) is 0 Å². The first-order chi connectivity index (χ1) is 13.6. The fraction of sp³-hybridized carbons (Fsp3) is 0.318. The Morgan fingerprint density at radius 3 is 2.39 bits per heavy atom. The Morgan fingerprint density at radius 2 is 1.71 bits per heavy atom. The van der Waals surface area contributed by atoms with Crippen LogP contribution in [0, 0.1) is 0 Å². The molecule has 5 nitrogen and oxygen atoms in total. The summed E-state index contributed by atoms with van der Waals surface area (Å²) < 4.78 is 0. The lowest BCUT2D eigenvalue weighted by Crippen LogP contribution is -2.58. The molecule has 1 saturated heterocycles. The predicted molar refractivity (Wildman–Crippen MR) is 111 cm³/mol. The lowest BCUT2D eigenvalue weighted by molar-refractivity contribution is 0.0756. The van der Waals surface area contributed by atoms with E-state index in [9.17, 15) is 9.59 Å². The summed E-state index contributed by atoms with van der Waals surface area (Å²) in [6.45, 7) is 6.33. The van der Waals surface area contributed by atoms with Gasteiger partial charge < -0.3 is 4.90 Å². The minimum absolute atomic E-state index is 0.0547. The van der Waals surface area contributed by atoms with Gasteiger partial charge in [0.2, 0.25) is 5.78 Å². The molecule has 4 rings (SSSR count). The molecule has 28 heavy (non-hydrogen) atoms. The lowest BCUT2D eigenvalue weighted by atomic mass is 9.83. The first-order valence-corrected chi connectivity index (χ1v) is 9.94. The molecule has 0 amide bonds. The van der Waals surface area contributed by atoms with Gasteiger partial charge in [-0.3, -0.25) is 14.5 Å². The summed E-state index contributed by atoms with van der Waals surface area (Å²) in [5, 5.41) is 0.546. The third kappa shape index (κ3) is 3.53. The number of hydrogen-bond acceptors (Lipinski definition) is 5. The Morgan fingerprint density at radius 1 is 1.00 bits per heavy atom. The fourth-order valence-electron chi connectivity index (χ4n) is 3.90. The quantitative estimate of drug-likeness (QED) is 0.798. The number of benzene rings is 2. The molecule has 144 valence electrons. The molecule has 6 heteroatoms. The summed E-state index contributed by atoms with van der Waals surface area (Å²) >= 11 is 6.09. The molecule has 2 aromatic rings. The highest BCUT2D eigenvalue weighted by molar-refractivity contribution is 6.55. The SMILES string of the molecule is CCN1CCN(C2C(=O)c3ccccc3C(=O)C2=Nc2cccc(Cl)c2)CC1. The van der Waals surface area contributed by atoms with Crippen LogP contribution in [0.25, 0.3) is 0 Å². The van der Waals surface area contributed by atoms with Crippen molar-refractivity contribution >= 4 is 34.6 Å². The van der Waals surface area contributed by atoms with E-state index < -0.39 is 6.04 Å². The van der Waals surface area contributed by atoms with Gasteiger partial charge in [0, 0.05) is 42.3 Å². The Kier molecular flexibility index (Phi) is 5.40. The number of carbonyl (C=O) groups is 2.